The number of rotatable bonds is 55. The third kappa shape index (κ3) is 52.1. The smallest absolute Gasteiger partial charge is 0.462 e. The van der Waals surface area contributed by atoms with Crippen molar-refractivity contribution in [1.82, 2.24) is 0 Å². The Bertz CT molecular complexity index is 1090. The summed E-state index contributed by atoms with van der Waals surface area (Å²) in [6, 6.07) is 0. The van der Waals surface area contributed by atoms with Gasteiger partial charge in [0.2, 0.25) is 0 Å². The highest BCUT2D eigenvalue weighted by molar-refractivity contribution is 7.47. The molecule has 10 heteroatoms. The van der Waals surface area contributed by atoms with E-state index in [-0.39, 0.29) is 38.6 Å². The van der Waals surface area contributed by atoms with Crippen LogP contribution in [0.1, 0.15) is 303 Å². The first kappa shape index (κ1) is 64.8. The Hall–Kier alpha value is -1.25. The Labute approximate surface area is 409 Å². The van der Waals surface area contributed by atoms with Crippen LogP contribution in [0.5, 0.6) is 0 Å². The van der Waals surface area contributed by atoms with Gasteiger partial charge in [0.05, 0.1) is 13.2 Å². The summed E-state index contributed by atoms with van der Waals surface area (Å²) in [5.41, 5.74) is 5.36. The number of phosphoric acid groups is 1. The number of phosphoric ester groups is 1. The minimum Gasteiger partial charge on any atom is -0.462 e. The minimum atomic E-state index is -4.37. The summed E-state index contributed by atoms with van der Waals surface area (Å²) >= 11 is 0. The summed E-state index contributed by atoms with van der Waals surface area (Å²) in [6.45, 7) is 3.77. The maximum absolute atomic E-state index is 12.6. The van der Waals surface area contributed by atoms with E-state index in [1.54, 1.807) is 0 Å². The number of hydrogen-bond donors (Lipinski definition) is 2. The van der Waals surface area contributed by atoms with Gasteiger partial charge in [-0.05, 0) is 38.5 Å². The molecule has 0 bridgehead atoms. The van der Waals surface area contributed by atoms with Crippen molar-refractivity contribution in [2.75, 3.05) is 26.4 Å². The zero-order valence-corrected chi connectivity index (χ0v) is 44.6. The molecule has 0 radical (unpaired) electrons. The fourth-order valence-electron chi connectivity index (χ4n) is 8.63. The van der Waals surface area contributed by atoms with Gasteiger partial charge in [0.25, 0.3) is 0 Å². The lowest BCUT2D eigenvalue weighted by Crippen LogP contribution is -2.29. The molecule has 0 heterocycles. The maximum Gasteiger partial charge on any atom is 0.472 e. The van der Waals surface area contributed by atoms with E-state index < -0.39 is 26.5 Å². The van der Waals surface area contributed by atoms with Crippen LogP contribution in [-0.2, 0) is 32.7 Å². The van der Waals surface area contributed by atoms with E-state index in [0.717, 1.165) is 32.1 Å². The second kappa shape index (κ2) is 53.1. The molecular formula is C56H110NO8P. The van der Waals surface area contributed by atoms with Gasteiger partial charge in [-0.1, -0.05) is 264 Å². The number of allylic oxidation sites excluding steroid dienone is 2. The van der Waals surface area contributed by atoms with Crippen molar-refractivity contribution in [2.45, 2.75) is 309 Å². The lowest BCUT2D eigenvalue weighted by atomic mass is 10.0. The first-order valence-corrected chi connectivity index (χ1v) is 30.2. The fourth-order valence-corrected chi connectivity index (χ4v) is 9.40. The van der Waals surface area contributed by atoms with Crippen LogP contribution in [0, 0.1) is 0 Å². The number of hydrogen-bond acceptors (Lipinski definition) is 8. The topological polar surface area (TPSA) is 134 Å². The lowest BCUT2D eigenvalue weighted by Gasteiger charge is -2.19. The van der Waals surface area contributed by atoms with Gasteiger partial charge in [-0.3, -0.25) is 18.6 Å². The van der Waals surface area contributed by atoms with Gasteiger partial charge in [0.15, 0.2) is 6.10 Å². The van der Waals surface area contributed by atoms with Gasteiger partial charge in [0, 0.05) is 19.4 Å². The molecule has 9 nitrogen and oxygen atoms in total. The summed E-state index contributed by atoms with van der Waals surface area (Å²) in [5.74, 6) is -0.813. The van der Waals surface area contributed by atoms with Crippen molar-refractivity contribution in [3.05, 3.63) is 12.2 Å². The van der Waals surface area contributed by atoms with E-state index in [4.69, 9.17) is 24.3 Å². The quantitative estimate of drug-likeness (QED) is 0.0264. The highest BCUT2D eigenvalue weighted by Crippen LogP contribution is 2.43. The van der Waals surface area contributed by atoms with Crippen molar-refractivity contribution in [2.24, 2.45) is 5.73 Å². The first-order valence-electron chi connectivity index (χ1n) is 28.7. The molecular weight excluding hydrogens is 846 g/mol. The van der Waals surface area contributed by atoms with E-state index in [2.05, 4.69) is 26.0 Å². The largest absolute Gasteiger partial charge is 0.472 e. The summed E-state index contributed by atoms with van der Waals surface area (Å²) in [4.78, 5) is 34.9. The van der Waals surface area contributed by atoms with Crippen LogP contribution in [0.15, 0.2) is 12.2 Å². The Morgan fingerprint density at radius 1 is 0.439 bits per heavy atom. The SMILES string of the molecule is CCCCCCCCCC/C=C\CCCCCCCCCCCCCCCCCCCCCCCCCC(=O)OC(COC(=O)CCCCCCCCCCCC)COP(=O)(O)OCCN. The van der Waals surface area contributed by atoms with Gasteiger partial charge in [-0.2, -0.15) is 0 Å². The Morgan fingerprint density at radius 3 is 1.08 bits per heavy atom. The maximum atomic E-state index is 12.6. The van der Waals surface area contributed by atoms with Crippen LogP contribution in [-0.4, -0.2) is 49.3 Å². The number of carbonyl (C=O) groups is 2. The van der Waals surface area contributed by atoms with Crippen LogP contribution in [0.4, 0.5) is 0 Å². The van der Waals surface area contributed by atoms with Crippen molar-refractivity contribution in [1.29, 1.82) is 0 Å². The minimum absolute atomic E-state index is 0.0574. The normalized spacial score (nSPS) is 13.1. The molecule has 0 spiro atoms. The van der Waals surface area contributed by atoms with Crippen LogP contribution in [0.3, 0.4) is 0 Å². The molecule has 0 aliphatic carbocycles. The molecule has 66 heavy (non-hydrogen) atoms. The molecule has 2 atom stereocenters. The molecule has 0 saturated heterocycles. The average molecular weight is 956 g/mol. The molecule has 0 aromatic heterocycles. The zero-order chi connectivity index (χ0) is 48.1. The number of carbonyl (C=O) groups excluding carboxylic acids is 2. The van der Waals surface area contributed by atoms with Gasteiger partial charge in [-0.25, -0.2) is 4.57 Å². The molecule has 392 valence electrons. The summed E-state index contributed by atoms with van der Waals surface area (Å²) < 4.78 is 32.9. The molecule has 0 amide bonds. The molecule has 0 aliphatic rings. The van der Waals surface area contributed by atoms with E-state index >= 15 is 0 Å². The molecule has 3 N–H and O–H groups in total. The van der Waals surface area contributed by atoms with Crippen molar-refractivity contribution in [3.8, 4) is 0 Å². The molecule has 0 rings (SSSR count). The average Bonchev–Trinajstić information content (AvgIpc) is 3.31. The van der Waals surface area contributed by atoms with E-state index in [1.807, 2.05) is 0 Å². The first-order chi connectivity index (χ1) is 32.3. The standard InChI is InChI=1S/C56H110NO8P/c1-3-5-7-9-11-13-15-16-17-18-19-20-21-22-23-24-25-26-27-28-29-30-31-32-33-34-35-36-37-38-39-41-43-45-47-49-56(59)65-54(53-64-66(60,61)63-51-50-57)52-62-55(58)48-46-44-42-40-14-12-10-8-6-4-2/h18-19,54H,3-17,20-53,57H2,1-2H3,(H,60,61)/b19-18-. The predicted molar refractivity (Wildman–Crippen MR) is 280 cm³/mol. The van der Waals surface area contributed by atoms with E-state index in [1.165, 1.54) is 238 Å². The second-order valence-corrected chi connectivity index (χ2v) is 21.0. The monoisotopic (exact) mass is 956 g/mol. The number of esters is 2. The summed E-state index contributed by atoms with van der Waals surface area (Å²) in [6.07, 6.45) is 60.2. The molecule has 0 saturated carbocycles. The zero-order valence-electron chi connectivity index (χ0n) is 43.7. The second-order valence-electron chi connectivity index (χ2n) is 19.5. The van der Waals surface area contributed by atoms with Crippen LogP contribution >= 0.6 is 7.82 Å². The third-order valence-corrected chi connectivity index (χ3v) is 13.9. The van der Waals surface area contributed by atoms with Gasteiger partial charge >= 0.3 is 19.8 Å². The lowest BCUT2D eigenvalue weighted by molar-refractivity contribution is -0.161. The van der Waals surface area contributed by atoms with Crippen molar-refractivity contribution >= 4 is 19.8 Å². The van der Waals surface area contributed by atoms with E-state index in [0.29, 0.717) is 6.42 Å². The van der Waals surface area contributed by atoms with Gasteiger partial charge in [0.1, 0.15) is 6.61 Å². The van der Waals surface area contributed by atoms with E-state index in [9.17, 15) is 19.0 Å². The van der Waals surface area contributed by atoms with Gasteiger partial charge < -0.3 is 20.1 Å². The predicted octanol–water partition coefficient (Wildman–Crippen LogP) is 17.7. The van der Waals surface area contributed by atoms with Crippen LogP contribution < -0.4 is 5.73 Å². The molecule has 0 aromatic rings. The number of nitrogens with two attached hydrogens (primary N) is 1. The highest BCUT2D eigenvalue weighted by atomic mass is 31.2. The Kier molecular flexibility index (Phi) is 52.1. The van der Waals surface area contributed by atoms with Crippen LogP contribution in [0.2, 0.25) is 0 Å². The summed E-state index contributed by atoms with van der Waals surface area (Å²) in [5, 5.41) is 0. The number of unbranched alkanes of at least 4 members (excludes halogenated alkanes) is 40. The summed E-state index contributed by atoms with van der Waals surface area (Å²) in [7, 11) is -4.37. The Morgan fingerprint density at radius 2 is 0.742 bits per heavy atom. The van der Waals surface area contributed by atoms with Gasteiger partial charge in [-0.15, -0.1) is 0 Å². The van der Waals surface area contributed by atoms with Crippen molar-refractivity contribution < 1.29 is 37.6 Å². The molecule has 0 aliphatic heterocycles. The molecule has 2 unspecified atom stereocenters. The highest BCUT2D eigenvalue weighted by Gasteiger charge is 2.26. The molecule has 0 fully saturated rings. The fraction of sp³-hybridized carbons (Fsp3) is 0.929. The van der Waals surface area contributed by atoms with Crippen molar-refractivity contribution in [3.63, 3.8) is 0 Å². The third-order valence-electron chi connectivity index (χ3n) is 12.9. The number of ether oxygens (including phenoxy) is 2. The van der Waals surface area contributed by atoms with Crippen LogP contribution in [0.25, 0.3) is 0 Å². The molecule has 0 aromatic carbocycles. The Balaban J connectivity index is 3.73.